The summed E-state index contributed by atoms with van der Waals surface area (Å²) < 4.78 is 23.5. The molecular weight excluding hydrogens is 335 g/mol. The van der Waals surface area contributed by atoms with Gasteiger partial charge in [-0.15, -0.1) is 0 Å². The van der Waals surface area contributed by atoms with Gasteiger partial charge in [-0.3, -0.25) is 4.79 Å². The number of halogens is 2. The Kier molecular flexibility index (Phi) is 6.84. The monoisotopic (exact) mass is 352 g/mol. The van der Waals surface area contributed by atoms with Crippen molar-refractivity contribution in [3.05, 3.63) is 53.3 Å². The number of amides is 1. The number of methoxy groups -OCH3 is 1. The first kappa shape index (κ1) is 18.0. The van der Waals surface area contributed by atoms with Gasteiger partial charge in [0, 0.05) is 24.6 Å². The lowest BCUT2D eigenvalue weighted by molar-refractivity contribution is -0.114. The second-order valence-electron chi connectivity index (χ2n) is 4.90. The van der Waals surface area contributed by atoms with Crippen LogP contribution in [-0.4, -0.2) is 32.8 Å². The quantitative estimate of drug-likeness (QED) is 0.713. The summed E-state index contributed by atoms with van der Waals surface area (Å²) in [7, 11) is 1.60. The summed E-state index contributed by atoms with van der Waals surface area (Å²) in [6.45, 7) is 0.943. The van der Waals surface area contributed by atoms with Crippen LogP contribution in [0.5, 0.6) is 5.75 Å². The first-order valence-corrected chi connectivity index (χ1v) is 7.67. The molecule has 24 heavy (non-hydrogen) atoms. The SMILES string of the molecule is COCCOc1cccc(NC(=O)CNc2ccc(F)c(Cl)c2)c1. The molecule has 0 saturated carbocycles. The van der Waals surface area contributed by atoms with E-state index in [-0.39, 0.29) is 17.5 Å². The highest BCUT2D eigenvalue weighted by atomic mass is 35.5. The Labute approximate surface area is 144 Å². The van der Waals surface area contributed by atoms with Crippen LogP contribution in [0.3, 0.4) is 0 Å². The molecule has 0 aliphatic heterocycles. The van der Waals surface area contributed by atoms with Crippen LogP contribution >= 0.6 is 11.6 Å². The highest BCUT2D eigenvalue weighted by molar-refractivity contribution is 6.31. The molecular formula is C17H18ClFN2O3. The third kappa shape index (κ3) is 5.72. The van der Waals surface area contributed by atoms with Crippen LogP contribution in [0, 0.1) is 5.82 Å². The number of anilines is 2. The second kappa shape index (κ2) is 9.10. The lowest BCUT2D eigenvalue weighted by atomic mass is 10.3. The third-order valence-corrected chi connectivity index (χ3v) is 3.34. The summed E-state index contributed by atoms with van der Waals surface area (Å²) in [4.78, 5) is 12.0. The Balaban J connectivity index is 1.85. The molecule has 128 valence electrons. The van der Waals surface area contributed by atoms with Crippen LogP contribution in [-0.2, 0) is 9.53 Å². The number of carbonyl (C=O) groups is 1. The van der Waals surface area contributed by atoms with Crippen molar-refractivity contribution < 1.29 is 18.7 Å². The number of benzene rings is 2. The second-order valence-corrected chi connectivity index (χ2v) is 5.31. The van der Waals surface area contributed by atoms with E-state index < -0.39 is 5.82 Å². The summed E-state index contributed by atoms with van der Waals surface area (Å²) in [5.41, 5.74) is 1.18. The number of ether oxygens (including phenoxy) is 2. The molecule has 2 N–H and O–H groups in total. The maximum absolute atomic E-state index is 13.1. The van der Waals surface area contributed by atoms with E-state index in [4.69, 9.17) is 21.1 Å². The molecule has 2 aromatic rings. The van der Waals surface area contributed by atoms with Gasteiger partial charge in [0.15, 0.2) is 0 Å². The lowest BCUT2D eigenvalue weighted by Crippen LogP contribution is -2.21. The zero-order valence-electron chi connectivity index (χ0n) is 13.1. The topological polar surface area (TPSA) is 59.6 Å². The molecule has 0 aromatic heterocycles. The molecule has 1 amide bonds. The first-order chi connectivity index (χ1) is 11.6. The van der Waals surface area contributed by atoms with Crippen LogP contribution in [0.4, 0.5) is 15.8 Å². The number of hydrogen-bond donors (Lipinski definition) is 2. The summed E-state index contributed by atoms with van der Waals surface area (Å²) in [5, 5.41) is 5.63. The van der Waals surface area contributed by atoms with E-state index in [0.29, 0.717) is 30.3 Å². The molecule has 0 fully saturated rings. The average Bonchev–Trinajstić information content (AvgIpc) is 2.57. The first-order valence-electron chi connectivity index (χ1n) is 7.29. The van der Waals surface area contributed by atoms with Gasteiger partial charge >= 0.3 is 0 Å². The number of carbonyl (C=O) groups excluding carboxylic acids is 1. The number of nitrogens with one attached hydrogen (secondary N) is 2. The van der Waals surface area contributed by atoms with Crippen molar-refractivity contribution in [2.24, 2.45) is 0 Å². The highest BCUT2D eigenvalue weighted by Crippen LogP contribution is 2.19. The van der Waals surface area contributed by atoms with Crippen molar-refractivity contribution in [2.45, 2.75) is 0 Å². The fourth-order valence-electron chi connectivity index (χ4n) is 1.90. The minimum atomic E-state index is -0.503. The van der Waals surface area contributed by atoms with E-state index in [2.05, 4.69) is 10.6 Å². The molecule has 0 atom stereocenters. The van der Waals surface area contributed by atoms with Gasteiger partial charge < -0.3 is 20.1 Å². The van der Waals surface area contributed by atoms with E-state index >= 15 is 0 Å². The van der Waals surface area contributed by atoms with Crippen molar-refractivity contribution in [1.82, 2.24) is 0 Å². The number of rotatable bonds is 8. The van der Waals surface area contributed by atoms with Gasteiger partial charge in [-0.2, -0.15) is 0 Å². The maximum Gasteiger partial charge on any atom is 0.243 e. The van der Waals surface area contributed by atoms with Crippen LogP contribution in [0.1, 0.15) is 0 Å². The fourth-order valence-corrected chi connectivity index (χ4v) is 2.08. The van der Waals surface area contributed by atoms with Crippen LogP contribution < -0.4 is 15.4 Å². The van der Waals surface area contributed by atoms with E-state index in [1.165, 1.54) is 18.2 Å². The van der Waals surface area contributed by atoms with Gasteiger partial charge in [0.05, 0.1) is 18.2 Å². The van der Waals surface area contributed by atoms with Gasteiger partial charge in [0.1, 0.15) is 18.2 Å². The maximum atomic E-state index is 13.1. The Morgan fingerprint density at radius 1 is 1.17 bits per heavy atom. The van der Waals surface area contributed by atoms with Gasteiger partial charge in [-0.25, -0.2) is 4.39 Å². The van der Waals surface area contributed by atoms with Gasteiger partial charge in [-0.1, -0.05) is 17.7 Å². The van der Waals surface area contributed by atoms with E-state index in [1.807, 2.05) is 0 Å². The van der Waals surface area contributed by atoms with Crippen molar-refractivity contribution in [3.63, 3.8) is 0 Å². The van der Waals surface area contributed by atoms with E-state index in [0.717, 1.165) is 0 Å². The lowest BCUT2D eigenvalue weighted by Gasteiger charge is -2.10. The molecule has 2 rings (SSSR count). The van der Waals surface area contributed by atoms with E-state index in [9.17, 15) is 9.18 Å². The zero-order chi connectivity index (χ0) is 17.4. The molecule has 2 aromatic carbocycles. The summed E-state index contributed by atoms with van der Waals surface area (Å²) in [6.07, 6.45) is 0. The van der Waals surface area contributed by atoms with Gasteiger partial charge in [0.2, 0.25) is 5.91 Å². The van der Waals surface area contributed by atoms with Gasteiger partial charge in [-0.05, 0) is 30.3 Å². The molecule has 0 spiro atoms. The standard InChI is InChI=1S/C17H18ClFN2O3/c1-23-7-8-24-14-4-2-3-13(9-14)21-17(22)11-20-12-5-6-16(19)15(18)10-12/h2-6,9-10,20H,7-8,11H2,1H3,(H,21,22). The molecule has 7 heteroatoms. The molecule has 0 bridgehead atoms. The predicted octanol–water partition coefficient (Wildman–Crippen LogP) is 3.55. The smallest absolute Gasteiger partial charge is 0.243 e. The van der Waals surface area contributed by atoms with Crippen LogP contribution in [0.25, 0.3) is 0 Å². The minimum Gasteiger partial charge on any atom is -0.491 e. The Morgan fingerprint density at radius 2 is 2.00 bits per heavy atom. The molecule has 0 unspecified atom stereocenters. The summed E-state index contributed by atoms with van der Waals surface area (Å²) >= 11 is 5.69. The molecule has 0 aliphatic carbocycles. The summed E-state index contributed by atoms with van der Waals surface area (Å²) in [5.74, 6) is -0.107. The molecule has 5 nitrogen and oxygen atoms in total. The molecule has 0 saturated heterocycles. The summed E-state index contributed by atoms with van der Waals surface area (Å²) in [6, 6.07) is 11.2. The van der Waals surface area contributed by atoms with Crippen LogP contribution in [0.2, 0.25) is 5.02 Å². The van der Waals surface area contributed by atoms with Crippen molar-refractivity contribution in [3.8, 4) is 5.75 Å². The van der Waals surface area contributed by atoms with Gasteiger partial charge in [0.25, 0.3) is 0 Å². The molecule has 0 heterocycles. The minimum absolute atomic E-state index is 0.00122. The predicted molar refractivity (Wildman–Crippen MR) is 92.3 cm³/mol. The number of hydrogen-bond acceptors (Lipinski definition) is 4. The normalized spacial score (nSPS) is 10.3. The average molecular weight is 353 g/mol. The van der Waals surface area contributed by atoms with Crippen LogP contribution in [0.15, 0.2) is 42.5 Å². The zero-order valence-corrected chi connectivity index (χ0v) is 13.9. The largest absolute Gasteiger partial charge is 0.491 e. The molecule has 0 aliphatic rings. The molecule has 0 radical (unpaired) electrons. The van der Waals surface area contributed by atoms with Crippen molar-refractivity contribution in [1.29, 1.82) is 0 Å². The Hall–Kier alpha value is -2.31. The van der Waals surface area contributed by atoms with Crippen molar-refractivity contribution in [2.75, 3.05) is 37.5 Å². The third-order valence-electron chi connectivity index (χ3n) is 3.05. The fraction of sp³-hybridized carbons (Fsp3) is 0.235. The Bertz CT molecular complexity index is 697. The highest BCUT2D eigenvalue weighted by Gasteiger charge is 2.05. The van der Waals surface area contributed by atoms with E-state index in [1.54, 1.807) is 31.4 Å². The van der Waals surface area contributed by atoms with Crippen molar-refractivity contribution >= 4 is 28.9 Å². The Morgan fingerprint density at radius 3 is 2.75 bits per heavy atom.